The zero-order valence-corrected chi connectivity index (χ0v) is 15.9. The fourth-order valence-electron chi connectivity index (χ4n) is 2.49. The molecule has 0 bridgehead atoms. The predicted molar refractivity (Wildman–Crippen MR) is 104 cm³/mol. The minimum Gasteiger partial charge on any atom is -0.323 e. The van der Waals surface area contributed by atoms with Crippen molar-refractivity contribution in [3.05, 3.63) is 57.6 Å². The largest absolute Gasteiger partial charge is 0.323 e. The Hall–Kier alpha value is -2.04. The van der Waals surface area contributed by atoms with Crippen LogP contribution in [-0.2, 0) is 9.59 Å². The highest BCUT2D eigenvalue weighted by atomic mass is 35.5. The summed E-state index contributed by atoms with van der Waals surface area (Å²) in [6, 6.07) is 10.9. The third-order valence-corrected chi connectivity index (χ3v) is 4.46. The van der Waals surface area contributed by atoms with Crippen LogP contribution in [0.5, 0.6) is 0 Å². The molecule has 2 aromatic carbocycles. The number of hydrogen-bond acceptors (Lipinski definition) is 2. The standard InChI is InChI=1S/C19H20Cl2N2O2/c1-12-7-8-13(2)17(11-12)23(14(3)24)10-9-18(25)22-19-15(20)5-4-6-16(19)21/h4-8,11H,9-10H2,1-3H3,(H,22,25). The number of para-hydroxylation sites is 1. The lowest BCUT2D eigenvalue weighted by Crippen LogP contribution is -2.32. The molecule has 2 aromatic rings. The number of hydrogen-bond donors (Lipinski definition) is 1. The highest BCUT2D eigenvalue weighted by Gasteiger charge is 2.16. The van der Waals surface area contributed by atoms with Crippen LogP contribution in [0.15, 0.2) is 36.4 Å². The van der Waals surface area contributed by atoms with Gasteiger partial charge in [-0.1, -0.05) is 41.4 Å². The first-order valence-corrected chi connectivity index (χ1v) is 8.64. The van der Waals surface area contributed by atoms with Crippen LogP contribution in [0, 0.1) is 13.8 Å². The summed E-state index contributed by atoms with van der Waals surface area (Å²) < 4.78 is 0. The van der Waals surface area contributed by atoms with Crippen LogP contribution in [0.2, 0.25) is 10.0 Å². The molecule has 0 aromatic heterocycles. The minimum atomic E-state index is -0.258. The molecule has 0 aliphatic rings. The van der Waals surface area contributed by atoms with Gasteiger partial charge in [0.1, 0.15) is 0 Å². The first kappa shape index (κ1) is 19.3. The molecule has 2 amide bonds. The number of halogens is 2. The summed E-state index contributed by atoms with van der Waals surface area (Å²) in [5, 5.41) is 3.46. The highest BCUT2D eigenvalue weighted by Crippen LogP contribution is 2.30. The first-order valence-electron chi connectivity index (χ1n) is 7.89. The van der Waals surface area contributed by atoms with Gasteiger partial charge in [-0.3, -0.25) is 9.59 Å². The van der Waals surface area contributed by atoms with Crippen LogP contribution in [0.4, 0.5) is 11.4 Å². The Morgan fingerprint density at radius 3 is 2.32 bits per heavy atom. The molecule has 6 heteroatoms. The molecule has 4 nitrogen and oxygen atoms in total. The normalized spacial score (nSPS) is 10.4. The van der Waals surface area contributed by atoms with Crippen molar-refractivity contribution in [1.29, 1.82) is 0 Å². The maximum Gasteiger partial charge on any atom is 0.226 e. The zero-order valence-electron chi connectivity index (χ0n) is 14.4. The van der Waals surface area contributed by atoms with E-state index in [1.807, 2.05) is 32.0 Å². The fraction of sp³-hybridized carbons (Fsp3) is 0.263. The number of amides is 2. The van der Waals surface area contributed by atoms with Gasteiger partial charge in [0.05, 0.1) is 15.7 Å². The number of rotatable bonds is 5. The van der Waals surface area contributed by atoms with Crippen LogP contribution in [0.3, 0.4) is 0 Å². The Morgan fingerprint density at radius 1 is 1.08 bits per heavy atom. The molecule has 0 saturated heterocycles. The van der Waals surface area contributed by atoms with E-state index in [0.717, 1.165) is 16.8 Å². The summed E-state index contributed by atoms with van der Waals surface area (Å²) in [4.78, 5) is 25.9. The van der Waals surface area contributed by atoms with Gasteiger partial charge in [0.2, 0.25) is 11.8 Å². The molecule has 0 aliphatic carbocycles. The number of nitrogens with one attached hydrogen (secondary N) is 1. The zero-order chi connectivity index (χ0) is 18.6. The number of carbonyl (C=O) groups is 2. The topological polar surface area (TPSA) is 49.4 Å². The molecule has 0 heterocycles. The summed E-state index contributed by atoms with van der Waals surface area (Å²) in [5.41, 5.74) is 3.24. The Bertz CT molecular complexity index is 786. The molecule has 0 saturated carbocycles. The summed E-state index contributed by atoms with van der Waals surface area (Å²) in [7, 11) is 0. The summed E-state index contributed by atoms with van der Waals surface area (Å²) >= 11 is 12.1. The predicted octanol–water partition coefficient (Wildman–Crippen LogP) is 4.99. The summed E-state index contributed by atoms with van der Waals surface area (Å²) in [6.07, 6.45) is 0.133. The molecule has 0 radical (unpaired) electrons. The van der Waals surface area contributed by atoms with E-state index in [1.54, 1.807) is 23.1 Å². The van der Waals surface area contributed by atoms with Gasteiger partial charge >= 0.3 is 0 Å². The number of aryl methyl sites for hydroxylation is 2. The van der Waals surface area contributed by atoms with Crippen molar-refractivity contribution in [3.63, 3.8) is 0 Å². The van der Waals surface area contributed by atoms with Crippen molar-refractivity contribution in [2.75, 3.05) is 16.8 Å². The average molecular weight is 379 g/mol. The van der Waals surface area contributed by atoms with Crippen molar-refractivity contribution >= 4 is 46.4 Å². The third-order valence-electron chi connectivity index (χ3n) is 3.83. The molecule has 25 heavy (non-hydrogen) atoms. The van der Waals surface area contributed by atoms with Crippen LogP contribution >= 0.6 is 23.2 Å². The molecule has 0 fully saturated rings. The van der Waals surface area contributed by atoms with Crippen molar-refractivity contribution in [3.8, 4) is 0 Å². The second-order valence-electron chi connectivity index (χ2n) is 5.86. The maximum absolute atomic E-state index is 12.3. The Labute approximate surface area is 157 Å². The van der Waals surface area contributed by atoms with Gasteiger partial charge in [-0.15, -0.1) is 0 Å². The van der Waals surface area contributed by atoms with E-state index in [2.05, 4.69) is 5.32 Å². The Kier molecular flexibility index (Phi) is 6.45. The number of benzene rings is 2. The van der Waals surface area contributed by atoms with Crippen LogP contribution < -0.4 is 10.2 Å². The van der Waals surface area contributed by atoms with Crippen molar-refractivity contribution < 1.29 is 9.59 Å². The maximum atomic E-state index is 12.3. The second kappa shape index (κ2) is 8.37. The van der Waals surface area contributed by atoms with Gasteiger partial charge in [-0.2, -0.15) is 0 Å². The van der Waals surface area contributed by atoms with Crippen LogP contribution in [-0.4, -0.2) is 18.4 Å². The van der Waals surface area contributed by atoms with Gasteiger partial charge < -0.3 is 10.2 Å². The highest BCUT2D eigenvalue weighted by molar-refractivity contribution is 6.39. The molecular weight excluding hydrogens is 359 g/mol. The molecule has 1 N–H and O–H groups in total. The smallest absolute Gasteiger partial charge is 0.226 e. The van der Waals surface area contributed by atoms with Gasteiger partial charge in [0, 0.05) is 25.6 Å². The molecule has 0 atom stereocenters. The number of nitrogens with zero attached hydrogens (tertiary/aromatic N) is 1. The lowest BCUT2D eigenvalue weighted by molar-refractivity contribution is -0.117. The van der Waals surface area contributed by atoms with E-state index in [1.165, 1.54) is 6.92 Å². The summed E-state index contributed by atoms with van der Waals surface area (Å²) in [6.45, 7) is 5.67. The van der Waals surface area contributed by atoms with E-state index in [-0.39, 0.29) is 24.8 Å². The quantitative estimate of drug-likeness (QED) is 0.796. The van der Waals surface area contributed by atoms with Crippen molar-refractivity contribution in [2.45, 2.75) is 27.2 Å². The third kappa shape index (κ3) is 4.97. The van der Waals surface area contributed by atoms with E-state index < -0.39 is 0 Å². The van der Waals surface area contributed by atoms with E-state index >= 15 is 0 Å². The first-order chi connectivity index (χ1) is 11.8. The summed E-state index contributed by atoms with van der Waals surface area (Å²) in [5.74, 6) is -0.371. The molecular formula is C19H20Cl2N2O2. The molecule has 0 unspecified atom stereocenters. The van der Waals surface area contributed by atoms with Crippen LogP contribution in [0.1, 0.15) is 24.5 Å². The monoisotopic (exact) mass is 378 g/mol. The van der Waals surface area contributed by atoms with Gasteiger partial charge in [-0.25, -0.2) is 0 Å². The number of anilines is 2. The average Bonchev–Trinajstić information content (AvgIpc) is 2.54. The van der Waals surface area contributed by atoms with Crippen LogP contribution in [0.25, 0.3) is 0 Å². The Morgan fingerprint density at radius 2 is 1.72 bits per heavy atom. The van der Waals surface area contributed by atoms with Crippen molar-refractivity contribution in [2.24, 2.45) is 0 Å². The lowest BCUT2D eigenvalue weighted by atomic mass is 10.1. The molecule has 0 aliphatic heterocycles. The van der Waals surface area contributed by atoms with Crippen molar-refractivity contribution in [1.82, 2.24) is 0 Å². The fourth-order valence-corrected chi connectivity index (χ4v) is 2.98. The van der Waals surface area contributed by atoms with Gasteiger partial charge in [0.15, 0.2) is 0 Å². The van der Waals surface area contributed by atoms with E-state index in [9.17, 15) is 9.59 Å². The lowest BCUT2D eigenvalue weighted by Gasteiger charge is -2.23. The molecule has 2 rings (SSSR count). The van der Waals surface area contributed by atoms with Gasteiger partial charge in [-0.05, 0) is 43.2 Å². The Balaban J connectivity index is 2.10. The second-order valence-corrected chi connectivity index (χ2v) is 6.67. The van der Waals surface area contributed by atoms with Gasteiger partial charge in [0.25, 0.3) is 0 Å². The SMILES string of the molecule is CC(=O)N(CCC(=O)Nc1c(Cl)cccc1Cl)c1cc(C)ccc1C. The van der Waals surface area contributed by atoms with E-state index in [4.69, 9.17) is 23.2 Å². The van der Waals surface area contributed by atoms with E-state index in [0.29, 0.717) is 15.7 Å². The number of carbonyl (C=O) groups excluding carboxylic acids is 2. The minimum absolute atomic E-state index is 0.114. The molecule has 0 spiro atoms. The molecule has 132 valence electrons.